The van der Waals surface area contributed by atoms with E-state index >= 15 is 0 Å². The van der Waals surface area contributed by atoms with E-state index in [0.29, 0.717) is 17.4 Å². The largest absolute Gasteiger partial charge is 0.331 e. The van der Waals surface area contributed by atoms with Crippen LogP contribution in [0.3, 0.4) is 0 Å². The molecule has 6 nitrogen and oxygen atoms in total. The molecule has 0 spiro atoms. The van der Waals surface area contributed by atoms with E-state index in [9.17, 15) is 14.4 Å². The van der Waals surface area contributed by atoms with E-state index in [1.165, 1.54) is 9.13 Å². The molecule has 0 radical (unpaired) electrons. The molecule has 0 fully saturated rings. The Bertz CT molecular complexity index is 1170. The number of anilines is 1. The Labute approximate surface area is 176 Å². The number of amides is 1. The molecule has 0 saturated carbocycles. The van der Waals surface area contributed by atoms with Crippen LogP contribution in [-0.4, -0.2) is 15.0 Å². The zero-order chi connectivity index (χ0) is 21.7. The first-order chi connectivity index (χ1) is 14.5. The summed E-state index contributed by atoms with van der Waals surface area (Å²) in [5.74, 6) is -0.287. The normalized spacial score (nSPS) is 11.0. The lowest BCUT2D eigenvalue weighted by molar-refractivity contribution is -0.116. The lowest BCUT2D eigenvalue weighted by Crippen LogP contribution is -2.41. The summed E-state index contributed by atoms with van der Waals surface area (Å²) >= 11 is 0. The Morgan fingerprint density at radius 1 is 0.967 bits per heavy atom. The number of benzene rings is 2. The molecule has 0 unspecified atom stereocenters. The van der Waals surface area contributed by atoms with Gasteiger partial charge >= 0.3 is 5.69 Å². The van der Waals surface area contributed by atoms with Crippen LogP contribution in [0, 0.1) is 6.92 Å². The predicted molar refractivity (Wildman–Crippen MR) is 121 cm³/mol. The number of rotatable bonds is 8. The zero-order valence-corrected chi connectivity index (χ0v) is 17.9. The van der Waals surface area contributed by atoms with E-state index in [1.807, 2.05) is 32.0 Å². The van der Waals surface area contributed by atoms with Crippen LogP contribution in [0.15, 0.2) is 52.1 Å². The Morgan fingerprint density at radius 3 is 2.47 bits per heavy atom. The van der Waals surface area contributed by atoms with Gasteiger partial charge in [0.25, 0.3) is 5.56 Å². The molecule has 6 heteroatoms. The van der Waals surface area contributed by atoms with Gasteiger partial charge in [0.2, 0.25) is 5.91 Å². The number of hydrogen-bond acceptors (Lipinski definition) is 3. The van der Waals surface area contributed by atoms with Crippen molar-refractivity contribution in [3.63, 3.8) is 0 Å². The summed E-state index contributed by atoms with van der Waals surface area (Å²) in [6.45, 7) is 6.27. The van der Waals surface area contributed by atoms with Gasteiger partial charge in [0.1, 0.15) is 6.54 Å². The average molecular weight is 408 g/mol. The Morgan fingerprint density at radius 2 is 1.73 bits per heavy atom. The van der Waals surface area contributed by atoms with Crippen LogP contribution < -0.4 is 16.6 Å². The van der Waals surface area contributed by atoms with E-state index in [2.05, 4.69) is 12.2 Å². The molecular weight excluding hydrogens is 378 g/mol. The van der Waals surface area contributed by atoms with Crippen LogP contribution in [0.4, 0.5) is 5.69 Å². The molecule has 158 valence electrons. The van der Waals surface area contributed by atoms with Crippen molar-refractivity contribution in [1.29, 1.82) is 0 Å². The highest BCUT2D eigenvalue weighted by atomic mass is 16.2. The molecule has 1 amide bonds. The Kier molecular flexibility index (Phi) is 6.87. The Hall–Kier alpha value is -3.15. The minimum Gasteiger partial charge on any atom is -0.324 e. The van der Waals surface area contributed by atoms with Gasteiger partial charge in [-0.05, 0) is 43.0 Å². The van der Waals surface area contributed by atoms with Crippen LogP contribution in [0.5, 0.6) is 0 Å². The van der Waals surface area contributed by atoms with Crippen LogP contribution >= 0.6 is 0 Å². The predicted octanol–water partition coefficient (Wildman–Crippen LogP) is 3.86. The van der Waals surface area contributed by atoms with Gasteiger partial charge in [0.15, 0.2) is 0 Å². The fourth-order valence-corrected chi connectivity index (χ4v) is 3.77. The van der Waals surface area contributed by atoms with Crippen molar-refractivity contribution in [2.24, 2.45) is 0 Å². The van der Waals surface area contributed by atoms with Crippen molar-refractivity contribution in [3.05, 3.63) is 74.4 Å². The molecule has 1 aromatic heterocycles. The summed E-state index contributed by atoms with van der Waals surface area (Å²) in [4.78, 5) is 38.9. The van der Waals surface area contributed by atoms with Crippen LogP contribution in [-0.2, 0) is 24.3 Å². The van der Waals surface area contributed by atoms with Gasteiger partial charge in [-0.3, -0.25) is 18.7 Å². The summed E-state index contributed by atoms with van der Waals surface area (Å²) in [5, 5.41) is 3.42. The summed E-state index contributed by atoms with van der Waals surface area (Å²) in [5.41, 5.74) is 2.56. The molecule has 3 aromatic rings. The molecule has 0 bridgehead atoms. The molecule has 2 aromatic carbocycles. The van der Waals surface area contributed by atoms with E-state index in [-0.39, 0.29) is 18.0 Å². The molecule has 0 aliphatic rings. The number of nitrogens with zero attached hydrogens (tertiary/aromatic N) is 2. The van der Waals surface area contributed by atoms with Gasteiger partial charge in [-0.2, -0.15) is 0 Å². The summed E-state index contributed by atoms with van der Waals surface area (Å²) in [6.07, 6.45) is 3.48. The molecule has 30 heavy (non-hydrogen) atoms. The van der Waals surface area contributed by atoms with E-state index in [0.717, 1.165) is 42.5 Å². The van der Waals surface area contributed by atoms with Gasteiger partial charge in [-0.25, -0.2) is 4.79 Å². The van der Waals surface area contributed by atoms with Gasteiger partial charge in [0, 0.05) is 12.2 Å². The van der Waals surface area contributed by atoms with Crippen molar-refractivity contribution in [3.8, 4) is 0 Å². The number of hydrogen-bond donors (Lipinski definition) is 1. The van der Waals surface area contributed by atoms with Crippen molar-refractivity contribution >= 4 is 22.5 Å². The maximum atomic E-state index is 13.1. The van der Waals surface area contributed by atoms with Crippen LogP contribution in [0.1, 0.15) is 44.2 Å². The molecule has 3 rings (SSSR count). The number of fused-ring (bicyclic) bond motifs is 1. The summed E-state index contributed by atoms with van der Waals surface area (Å²) in [6, 6.07) is 12.9. The Balaban J connectivity index is 2.00. The minimum absolute atomic E-state index is 0.148. The number of carbonyl (C=O) groups excluding carboxylic acids is 1. The van der Waals surface area contributed by atoms with Gasteiger partial charge in [-0.15, -0.1) is 0 Å². The fraction of sp³-hybridized carbons (Fsp3) is 0.375. The highest BCUT2D eigenvalue weighted by Crippen LogP contribution is 2.21. The van der Waals surface area contributed by atoms with E-state index in [4.69, 9.17) is 0 Å². The third-order valence-electron chi connectivity index (χ3n) is 5.42. The smallest absolute Gasteiger partial charge is 0.324 e. The number of carbonyl (C=O) groups is 1. The SMILES string of the molecule is CCCCCn1c(=O)c2ccccc2n(CC(=O)Nc2c(C)cccc2CC)c1=O. The standard InChI is InChI=1S/C24H29N3O3/c1-4-6-9-15-26-23(29)19-13-7-8-14-20(19)27(24(26)30)16-21(28)25-22-17(3)11-10-12-18(22)5-2/h7-8,10-14H,4-6,9,15-16H2,1-3H3,(H,25,28). The highest BCUT2D eigenvalue weighted by Gasteiger charge is 2.16. The third-order valence-corrected chi connectivity index (χ3v) is 5.42. The molecule has 1 N–H and O–H groups in total. The minimum atomic E-state index is -0.439. The monoisotopic (exact) mass is 407 g/mol. The van der Waals surface area contributed by atoms with Gasteiger partial charge in [0.05, 0.1) is 10.9 Å². The number of aromatic nitrogens is 2. The first-order valence-corrected chi connectivity index (χ1v) is 10.6. The molecule has 1 heterocycles. The highest BCUT2D eigenvalue weighted by molar-refractivity contribution is 5.93. The fourth-order valence-electron chi connectivity index (χ4n) is 3.77. The maximum Gasteiger partial charge on any atom is 0.331 e. The van der Waals surface area contributed by atoms with Crippen molar-refractivity contribution in [2.45, 2.75) is 59.5 Å². The van der Waals surface area contributed by atoms with Crippen molar-refractivity contribution in [1.82, 2.24) is 9.13 Å². The van der Waals surface area contributed by atoms with E-state index in [1.54, 1.807) is 24.3 Å². The first kappa shape index (κ1) is 21.6. The number of unbranched alkanes of at least 4 members (excludes halogenated alkanes) is 2. The van der Waals surface area contributed by atoms with Gasteiger partial charge in [-0.1, -0.05) is 57.0 Å². The first-order valence-electron chi connectivity index (χ1n) is 10.6. The molecule has 0 aliphatic heterocycles. The average Bonchev–Trinajstić information content (AvgIpc) is 2.75. The summed E-state index contributed by atoms with van der Waals surface area (Å²) < 4.78 is 2.67. The molecule has 0 saturated heterocycles. The van der Waals surface area contributed by atoms with Crippen molar-refractivity contribution < 1.29 is 4.79 Å². The second kappa shape index (κ2) is 9.57. The van der Waals surface area contributed by atoms with Crippen LogP contribution in [0.2, 0.25) is 0 Å². The van der Waals surface area contributed by atoms with Crippen molar-refractivity contribution in [2.75, 3.05) is 5.32 Å². The number of nitrogens with one attached hydrogen (secondary N) is 1. The number of aryl methyl sites for hydroxylation is 2. The second-order valence-corrected chi connectivity index (χ2v) is 7.56. The molecule has 0 aliphatic carbocycles. The molecular formula is C24H29N3O3. The number of para-hydroxylation sites is 2. The maximum absolute atomic E-state index is 13.1. The topological polar surface area (TPSA) is 73.1 Å². The van der Waals surface area contributed by atoms with Gasteiger partial charge < -0.3 is 5.32 Å². The second-order valence-electron chi connectivity index (χ2n) is 7.56. The zero-order valence-electron chi connectivity index (χ0n) is 17.9. The van der Waals surface area contributed by atoms with E-state index < -0.39 is 5.69 Å². The van der Waals surface area contributed by atoms with Crippen LogP contribution in [0.25, 0.3) is 10.9 Å². The third kappa shape index (κ3) is 4.37. The molecule has 0 atom stereocenters. The lowest BCUT2D eigenvalue weighted by Gasteiger charge is -2.16. The lowest BCUT2D eigenvalue weighted by atomic mass is 10.1. The quantitative estimate of drug-likeness (QED) is 0.576. The summed E-state index contributed by atoms with van der Waals surface area (Å²) in [7, 11) is 0.